The number of benzene rings is 10. The summed E-state index contributed by atoms with van der Waals surface area (Å²) in [6.07, 6.45) is 0. The summed E-state index contributed by atoms with van der Waals surface area (Å²) < 4.78 is 2.36. The minimum absolute atomic E-state index is 0.605. The second-order valence-electron chi connectivity index (χ2n) is 16.9. The smallest absolute Gasteiger partial charge is 0.164 e. The van der Waals surface area contributed by atoms with Crippen molar-refractivity contribution in [3.05, 3.63) is 255 Å². The molecule has 0 atom stereocenters. The van der Waals surface area contributed by atoms with Crippen molar-refractivity contribution in [1.82, 2.24) is 19.5 Å². The lowest BCUT2D eigenvalue weighted by Crippen LogP contribution is -2.00. The van der Waals surface area contributed by atoms with Gasteiger partial charge in [-0.25, -0.2) is 15.0 Å². The molecule has 4 heteroatoms. The quantitative estimate of drug-likeness (QED) is 0.145. The lowest BCUT2D eigenvalue weighted by atomic mass is 9.97. The maximum Gasteiger partial charge on any atom is 0.164 e. The summed E-state index contributed by atoms with van der Waals surface area (Å²) in [6, 6.07) is 90.1. The van der Waals surface area contributed by atoms with Gasteiger partial charge >= 0.3 is 0 Å². The molecule has 0 aliphatic carbocycles. The van der Waals surface area contributed by atoms with Gasteiger partial charge in [0.1, 0.15) is 0 Å². The maximum absolute atomic E-state index is 5.26. The molecule has 10 aromatic carbocycles. The topological polar surface area (TPSA) is 43.6 Å². The number of para-hydroxylation sites is 2. The van der Waals surface area contributed by atoms with E-state index >= 15 is 0 Å². The summed E-state index contributed by atoms with van der Waals surface area (Å²) in [5.74, 6) is 1.82. The third-order valence-corrected chi connectivity index (χ3v) is 12.6. The van der Waals surface area contributed by atoms with Crippen molar-refractivity contribution in [2.75, 3.05) is 0 Å². The van der Waals surface area contributed by atoms with E-state index in [1.165, 1.54) is 44.1 Å². The fourth-order valence-corrected chi connectivity index (χ4v) is 9.32. The molecule has 0 N–H and O–H groups in total. The highest BCUT2D eigenvalue weighted by Gasteiger charge is 2.17. The Morgan fingerprint density at radius 2 is 0.478 bits per heavy atom. The van der Waals surface area contributed by atoms with Crippen LogP contribution in [0.4, 0.5) is 0 Å². The molecule has 67 heavy (non-hydrogen) atoms. The van der Waals surface area contributed by atoms with Gasteiger partial charge in [-0.2, -0.15) is 0 Å². The van der Waals surface area contributed by atoms with E-state index in [1.807, 2.05) is 0 Å². The number of rotatable bonds is 9. The molecule has 314 valence electrons. The first-order chi connectivity index (χ1) is 33.2. The largest absolute Gasteiger partial charge is 0.309 e. The first kappa shape index (κ1) is 39.6. The number of nitrogens with zero attached hydrogens (tertiary/aromatic N) is 4. The first-order valence-electron chi connectivity index (χ1n) is 22.7. The molecule has 12 aromatic rings. The zero-order chi connectivity index (χ0) is 44.5. The van der Waals surface area contributed by atoms with E-state index in [0.29, 0.717) is 17.5 Å². The van der Waals surface area contributed by atoms with Gasteiger partial charge in [-0.05, 0) is 110 Å². The molecule has 0 saturated carbocycles. The number of fused-ring (bicyclic) bond motifs is 3. The van der Waals surface area contributed by atoms with E-state index in [2.05, 4.69) is 259 Å². The van der Waals surface area contributed by atoms with Gasteiger partial charge in [-0.15, -0.1) is 0 Å². The van der Waals surface area contributed by atoms with E-state index in [4.69, 9.17) is 15.0 Å². The zero-order valence-electron chi connectivity index (χ0n) is 36.5. The summed E-state index contributed by atoms with van der Waals surface area (Å²) in [5.41, 5.74) is 17.5. The van der Waals surface area contributed by atoms with Crippen LogP contribution < -0.4 is 0 Å². The Kier molecular flexibility index (Phi) is 10.2. The van der Waals surface area contributed by atoms with E-state index in [9.17, 15) is 0 Å². The number of hydrogen-bond donors (Lipinski definition) is 0. The van der Waals surface area contributed by atoms with Crippen molar-refractivity contribution in [3.8, 4) is 95.5 Å². The van der Waals surface area contributed by atoms with Crippen LogP contribution in [0.3, 0.4) is 0 Å². The summed E-state index contributed by atoms with van der Waals surface area (Å²) in [5, 5.41) is 2.48. The zero-order valence-corrected chi connectivity index (χ0v) is 36.5. The SMILES string of the molecule is c1ccc(-c2cccc(-c3cccc(-c4nc(-c5cccc(-c6cccc(-c7ccccc7)c6)c5)nc(-c5cccc(-c6cccc(-n7c8ccccc8c8ccccc87)c6)c5)n4)c3)c2)cc1. The van der Waals surface area contributed by atoms with Gasteiger partial charge in [-0.3, -0.25) is 0 Å². The lowest BCUT2D eigenvalue weighted by molar-refractivity contribution is 1.07. The Labute approximate surface area is 389 Å². The normalized spacial score (nSPS) is 11.3. The van der Waals surface area contributed by atoms with Crippen molar-refractivity contribution in [3.63, 3.8) is 0 Å². The summed E-state index contributed by atoms with van der Waals surface area (Å²) >= 11 is 0. The minimum atomic E-state index is 0.605. The second kappa shape index (κ2) is 17.2. The van der Waals surface area contributed by atoms with Crippen molar-refractivity contribution >= 4 is 21.8 Å². The average Bonchev–Trinajstić information content (AvgIpc) is 3.76. The highest BCUT2D eigenvalue weighted by Crippen LogP contribution is 2.36. The van der Waals surface area contributed by atoms with E-state index in [-0.39, 0.29) is 0 Å². The molecule has 0 spiro atoms. The second-order valence-corrected chi connectivity index (χ2v) is 16.9. The predicted molar refractivity (Wildman–Crippen MR) is 278 cm³/mol. The van der Waals surface area contributed by atoms with Crippen molar-refractivity contribution in [2.45, 2.75) is 0 Å². The number of aromatic nitrogens is 4. The van der Waals surface area contributed by atoms with Gasteiger partial charge in [0.15, 0.2) is 17.5 Å². The minimum Gasteiger partial charge on any atom is -0.309 e. The lowest BCUT2D eigenvalue weighted by Gasteiger charge is -2.13. The summed E-state index contributed by atoms with van der Waals surface area (Å²) in [7, 11) is 0. The van der Waals surface area contributed by atoms with Crippen LogP contribution in [-0.2, 0) is 0 Å². The Balaban J connectivity index is 0.967. The Morgan fingerprint density at radius 3 is 0.866 bits per heavy atom. The third kappa shape index (κ3) is 7.77. The van der Waals surface area contributed by atoms with Gasteiger partial charge in [0, 0.05) is 33.2 Å². The van der Waals surface area contributed by atoms with Gasteiger partial charge in [0.05, 0.1) is 11.0 Å². The molecule has 2 heterocycles. The van der Waals surface area contributed by atoms with Crippen LogP contribution in [0.2, 0.25) is 0 Å². The van der Waals surface area contributed by atoms with E-state index in [1.54, 1.807) is 0 Å². The third-order valence-electron chi connectivity index (χ3n) is 12.6. The van der Waals surface area contributed by atoms with Gasteiger partial charge in [0.2, 0.25) is 0 Å². The standard InChI is InChI=1S/C63H42N4/c1-3-17-43(18-4-1)45-21-11-23-47(37-45)49-25-13-29-53(39-49)61-64-62(54-30-14-26-50(40-54)48-24-12-22-46(38-48)44-19-5-2-6-20-44)66-63(65-61)55-31-15-27-51(41-55)52-28-16-32-56(42-52)67-59-35-9-7-33-57(59)58-34-8-10-36-60(58)67/h1-42H. The molecule has 0 aliphatic rings. The molecule has 0 aliphatic heterocycles. The van der Waals surface area contributed by atoms with Crippen LogP contribution in [0.15, 0.2) is 255 Å². The van der Waals surface area contributed by atoms with E-state index < -0.39 is 0 Å². The van der Waals surface area contributed by atoms with Crippen LogP contribution in [0, 0.1) is 0 Å². The van der Waals surface area contributed by atoms with Crippen LogP contribution in [0.25, 0.3) is 117 Å². The molecule has 0 saturated heterocycles. The highest BCUT2D eigenvalue weighted by molar-refractivity contribution is 6.09. The van der Waals surface area contributed by atoms with Crippen molar-refractivity contribution in [1.29, 1.82) is 0 Å². The Hall–Kier alpha value is -8.99. The van der Waals surface area contributed by atoms with Crippen LogP contribution in [0.5, 0.6) is 0 Å². The molecule has 0 fully saturated rings. The molecule has 4 nitrogen and oxygen atoms in total. The average molecular weight is 855 g/mol. The van der Waals surface area contributed by atoms with Crippen LogP contribution in [-0.4, -0.2) is 19.5 Å². The summed E-state index contributed by atoms with van der Waals surface area (Å²) in [4.78, 5) is 15.8. The van der Waals surface area contributed by atoms with Crippen molar-refractivity contribution in [2.24, 2.45) is 0 Å². The van der Waals surface area contributed by atoms with Gasteiger partial charge in [-0.1, -0.05) is 200 Å². The molecule has 0 unspecified atom stereocenters. The van der Waals surface area contributed by atoms with Gasteiger partial charge in [0.25, 0.3) is 0 Å². The molecule has 2 aromatic heterocycles. The molecular formula is C63H42N4. The maximum atomic E-state index is 5.26. The Morgan fingerprint density at radius 1 is 0.209 bits per heavy atom. The molecular weight excluding hydrogens is 813 g/mol. The first-order valence-corrected chi connectivity index (χ1v) is 22.7. The monoisotopic (exact) mass is 854 g/mol. The van der Waals surface area contributed by atoms with Crippen LogP contribution >= 0.6 is 0 Å². The van der Waals surface area contributed by atoms with Crippen molar-refractivity contribution < 1.29 is 0 Å². The fraction of sp³-hybridized carbons (Fsp3) is 0. The molecule has 12 rings (SSSR count). The summed E-state index contributed by atoms with van der Waals surface area (Å²) in [6.45, 7) is 0. The van der Waals surface area contributed by atoms with Crippen LogP contribution in [0.1, 0.15) is 0 Å². The predicted octanol–water partition coefficient (Wildman–Crippen LogP) is 16.3. The highest BCUT2D eigenvalue weighted by atomic mass is 15.0. The molecule has 0 bridgehead atoms. The van der Waals surface area contributed by atoms with E-state index in [0.717, 1.165) is 55.8 Å². The molecule has 0 amide bonds. The molecule has 0 radical (unpaired) electrons. The number of hydrogen-bond acceptors (Lipinski definition) is 3. The fourth-order valence-electron chi connectivity index (χ4n) is 9.32. The Bertz CT molecular complexity index is 3560. The van der Waals surface area contributed by atoms with Gasteiger partial charge < -0.3 is 4.57 Å².